The van der Waals surface area contributed by atoms with Gasteiger partial charge in [0, 0.05) is 25.7 Å². The SMILES string of the molecule is CC.Cc1ncn(C)c1C(=O)NC1(C)CCN(C)CC1. The molecule has 5 heteroatoms. The molecule has 0 spiro atoms. The molecule has 1 aliphatic heterocycles. The van der Waals surface area contributed by atoms with Crippen LogP contribution in [-0.4, -0.2) is 46.0 Å². The summed E-state index contributed by atoms with van der Waals surface area (Å²) in [6.45, 7) is 10.1. The zero-order valence-corrected chi connectivity index (χ0v) is 13.7. The number of aromatic nitrogens is 2. The van der Waals surface area contributed by atoms with E-state index < -0.39 is 0 Å². The quantitative estimate of drug-likeness (QED) is 0.901. The monoisotopic (exact) mass is 280 g/mol. The summed E-state index contributed by atoms with van der Waals surface area (Å²) >= 11 is 0. The Morgan fingerprint density at radius 2 is 1.85 bits per heavy atom. The zero-order chi connectivity index (χ0) is 15.3. The van der Waals surface area contributed by atoms with Crippen molar-refractivity contribution in [1.29, 1.82) is 0 Å². The highest BCUT2D eigenvalue weighted by Gasteiger charge is 2.31. The van der Waals surface area contributed by atoms with Crippen molar-refractivity contribution < 1.29 is 4.79 Å². The highest BCUT2D eigenvalue weighted by molar-refractivity contribution is 5.94. The van der Waals surface area contributed by atoms with Crippen LogP contribution in [0.3, 0.4) is 0 Å². The molecule has 2 heterocycles. The largest absolute Gasteiger partial charge is 0.345 e. The number of nitrogens with one attached hydrogen (secondary N) is 1. The molecule has 0 aliphatic carbocycles. The Kier molecular flexibility index (Phi) is 5.74. The molecule has 114 valence electrons. The lowest BCUT2D eigenvalue weighted by atomic mass is 9.89. The van der Waals surface area contributed by atoms with Crippen LogP contribution in [0.25, 0.3) is 0 Å². The van der Waals surface area contributed by atoms with Crippen LogP contribution in [-0.2, 0) is 7.05 Å². The van der Waals surface area contributed by atoms with Gasteiger partial charge in [-0.05, 0) is 33.7 Å². The molecule has 1 aliphatic rings. The standard InChI is InChI=1S/C13H22N4O.C2H6/c1-10-11(17(4)9-14-10)12(18)15-13(2)5-7-16(3)8-6-13;1-2/h9H,5-8H2,1-4H3,(H,15,18);1-2H3. The second-order valence-corrected chi connectivity index (χ2v) is 5.61. The average molecular weight is 280 g/mol. The molecule has 0 unspecified atom stereocenters. The van der Waals surface area contributed by atoms with Gasteiger partial charge in [0.25, 0.3) is 5.91 Å². The number of carbonyl (C=O) groups is 1. The number of amides is 1. The summed E-state index contributed by atoms with van der Waals surface area (Å²) in [6, 6.07) is 0. The zero-order valence-electron chi connectivity index (χ0n) is 13.7. The number of likely N-dealkylation sites (tertiary alicyclic amines) is 1. The number of aryl methyl sites for hydroxylation is 2. The van der Waals surface area contributed by atoms with Crippen molar-refractivity contribution in [2.75, 3.05) is 20.1 Å². The van der Waals surface area contributed by atoms with Crippen molar-refractivity contribution in [2.45, 2.75) is 46.1 Å². The molecule has 5 nitrogen and oxygen atoms in total. The molecule has 1 aromatic heterocycles. The van der Waals surface area contributed by atoms with Crippen molar-refractivity contribution in [3.8, 4) is 0 Å². The second kappa shape index (κ2) is 6.88. The van der Waals surface area contributed by atoms with Crippen molar-refractivity contribution in [1.82, 2.24) is 19.8 Å². The van der Waals surface area contributed by atoms with Gasteiger partial charge in [0.2, 0.25) is 0 Å². The van der Waals surface area contributed by atoms with E-state index >= 15 is 0 Å². The van der Waals surface area contributed by atoms with Gasteiger partial charge in [-0.15, -0.1) is 0 Å². The van der Waals surface area contributed by atoms with Crippen LogP contribution in [0.2, 0.25) is 0 Å². The Hall–Kier alpha value is -1.36. The maximum absolute atomic E-state index is 12.3. The van der Waals surface area contributed by atoms with Gasteiger partial charge in [0.05, 0.1) is 12.0 Å². The number of piperidine rings is 1. The lowest BCUT2D eigenvalue weighted by Gasteiger charge is -2.38. The summed E-state index contributed by atoms with van der Waals surface area (Å²) in [6.07, 6.45) is 3.67. The number of imidazole rings is 1. The van der Waals surface area contributed by atoms with Crippen molar-refractivity contribution in [3.63, 3.8) is 0 Å². The van der Waals surface area contributed by atoms with E-state index in [1.807, 2.05) is 27.8 Å². The lowest BCUT2D eigenvalue weighted by molar-refractivity contribution is 0.0843. The number of rotatable bonds is 2. The maximum atomic E-state index is 12.3. The molecular formula is C15H28N4O. The Labute approximate surface area is 122 Å². The van der Waals surface area contributed by atoms with Gasteiger partial charge in [-0.3, -0.25) is 4.79 Å². The normalized spacial score (nSPS) is 18.1. The van der Waals surface area contributed by atoms with E-state index in [1.54, 1.807) is 10.9 Å². The van der Waals surface area contributed by atoms with Crippen LogP contribution in [0.5, 0.6) is 0 Å². The predicted octanol–water partition coefficient (Wildman–Crippen LogP) is 1.97. The summed E-state index contributed by atoms with van der Waals surface area (Å²) in [4.78, 5) is 18.8. The molecule has 0 aromatic carbocycles. The number of nitrogens with zero attached hydrogens (tertiary/aromatic N) is 3. The molecule has 1 N–H and O–H groups in total. The third-order valence-corrected chi connectivity index (χ3v) is 3.84. The number of hydrogen-bond acceptors (Lipinski definition) is 3. The van der Waals surface area contributed by atoms with Crippen LogP contribution < -0.4 is 5.32 Å². The summed E-state index contributed by atoms with van der Waals surface area (Å²) in [5.41, 5.74) is 1.35. The van der Waals surface area contributed by atoms with Crippen molar-refractivity contribution in [2.24, 2.45) is 7.05 Å². The van der Waals surface area contributed by atoms with Gasteiger partial charge in [-0.25, -0.2) is 4.98 Å². The molecule has 1 amide bonds. The Bertz CT molecular complexity index is 425. The fourth-order valence-electron chi connectivity index (χ4n) is 2.44. The minimum Gasteiger partial charge on any atom is -0.345 e. The van der Waals surface area contributed by atoms with Gasteiger partial charge in [-0.2, -0.15) is 0 Å². The first-order valence-electron chi connectivity index (χ1n) is 7.40. The number of hydrogen-bond donors (Lipinski definition) is 1. The first-order chi connectivity index (χ1) is 9.41. The molecule has 1 aromatic rings. The predicted molar refractivity (Wildman–Crippen MR) is 81.9 cm³/mol. The molecule has 0 radical (unpaired) electrons. The molecule has 2 rings (SSSR count). The fourth-order valence-corrected chi connectivity index (χ4v) is 2.44. The van der Waals surface area contributed by atoms with E-state index in [0.717, 1.165) is 31.6 Å². The Morgan fingerprint density at radius 3 is 2.30 bits per heavy atom. The van der Waals surface area contributed by atoms with Crippen molar-refractivity contribution in [3.05, 3.63) is 17.7 Å². The summed E-state index contributed by atoms with van der Waals surface area (Å²) < 4.78 is 1.78. The van der Waals surface area contributed by atoms with Crippen LogP contribution in [0.4, 0.5) is 0 Å². The van der Waals surface area contributed by atoms with E-state index in [0.29, 0.717) is 5.69 Å². The highest BCUT2D eigenvalue weighted by atomic mass is 16.2. The number of carbonyl (C=O) groups excluding carboxylic acids is 1. The first-order valence-corrected chi connectivity index (χ1v) is 7.40. The topological polar surface area (TPSA) is 50.2 Å². The van der Waals surface area contributed by atoms with E-state index in [-0.39, 0.29) is 11.4 Å². The van der Waals surface area contributed by atoms with Gasteiger partial charge < -0.3 is 14.8 Å². The molecule has 0 saturated carbocycles. The smallest absolute Gasteiger partial charge is 0.270 e. The van der Waals surface area contributed by atoms with Gasteiger partial charge in [-0.1, -0.05) is 13.8 Å². The fraction of sp³-hybridized carbons (Fsp3) is 0.733. The van der Waals surface area contributed by atoms with Gasteiger partial charge >= 0.3 is 0 Å². The minimum absolute atomic E-state index is 0.0143. The maximum Gasteiger partial charge on any atom is 0.270 e. The first kappa shape index (κ1) is 16.7. The van der Waals surface area contributed by atoms with E-state index in [1.165, 1.54) is 0 Å². The molecular weight excluding hydrogens is 252 g/mol. The Morgan fingerprint density at radius 1 is 1.30 bits per heavy atom. The molecule has 20 heavy (non-hydrogen) atoms. The van der Waals surface area contributed by atoms with Crippen LogP contribution >= 0.6 is 0 Å². The molecule has 1 fully saturated rings. The van der Waals surface area contributed by atoms with Gasteiger partial charge in [0.1, 0.15) is 5.69 Å². The second-order valence-electron chi connectivity index (χ2n) is 5.61. The van der Waals surface area contributed by atoms with Crippen LogP contribution in [0.1, 0.15) is 49.8 Å². The van der Waals surface area contributed by atoms with Crippen LogP contribution in [0, 0.1) is 6.92 Å². The van der Waals surface area contributed by atoms with Crippen LogP contribution in [0.15, 0.2) is 6.33 Å². The van der Waals surface area contributed by atoms with E-state index in [4.69, 9.17) is 0 Å². The third-order valence-electron chi connectivity index (χ3n) is 3.84. The van der Waals surface area contributed by atoms with E-state index in [2.05, 4.69) is 29.2 Å². The van der Waals surface area contributed by atoms with E-state index in [9.17, 15) is 4.79 Å². The summed E-state index contributed by atoms with van der Waals surface area (Å²) in [5, 5.41) is 3.17. The minimum atomic E-state index is -0.0969. The molecule has 0 bridgehead atoms. The highest BCUT2D eigenvalue weighted by Crippen LogP contribution is 2.21. The van der Waals surface area contributed by atoms with Gasteiger partial charge in [0.15, 0.2) is 0 Å². The summed E-state index contributed by atoms with van der Waals surface area (Å²) in [5.74, 6) is -0.0143. The van der Waals surface area contributed by atoms with Crippen molar-refractivity contribution >= 4 is 5.91 Å². The summed E-state index contributed by atoms with van der Waals surface area (Å²) in [7, 11) is 3.97. The molecule has 0 atom stereocenters. The third kappa shape index (κ3) is 3.82. The Balaban J connectivity index is 0.000000956. The molecule has 1 saturated heterocycles. The average Bonchev–Trinajstić information content (AvgIpc) is 2.75. The lowest BCUT2D eigenvalue weighted by Crippen LogP contribution is -2.53.